The zero-order chi connectivity index (χ0) is 21.5. The number of benzene rings is 2. The molecule has 30 heavy (non-hydrogen) atoms. The van der Waals surface area contributed by atoms with E-state index in [4.69, 9.17) is 0 Å². The molecule has 1 saturated heterocycles. The second-order valence-electron chi connectivity index (χ2n) is 8.09. The molecule has 0 radical (unpaired) electrons. The Morgan fingerprint density at radius 1 is 1.03 bits per heavy atom. The molecule has 1 aliphatic rings. The summed E-state index contributed by atoms with van der Waals surface area (Å²) < 4.78 is 0. The summed E-state index contributed by atoms with van der Waals surface area (Å²) in [5.74, 6) is -0.0318. The van der Waals surface area contributed by atoms with Crippen LogP contribution in [0.5, 0.6) is 0 Å². The van der Waals surface area contributed by atoms with E-state index in [2.05, 4.69) is 34.5 Å². The van der Waals surface area contributed by atoms with Gasteiger partial charge in [0.2, 0.25) is 11.8 Å². The predicted molar refractivity (Wildman–Crippen MR) is 120 cm³/mol. The number of hydrogen-bond donors (Lipinski definition) is 1. The van der Waals surface area contributed by atoms with Gasteiger partial charge in [-0.2, -0.15) is 0 Å². The van der Waals surface area contributed by atoms with Gasteiger partial charge in [-0.15, -0.1) is 0 Å². The van der Waals surface area contributed by atoms with Crippen LogP contribution < -0.4 is 5.32 Å². The maximum Gasteiger partial charge on any atom is 0.241 e. The van der Waals surface area contributed by atoms with Gasteiger partial charge < -0.3 is 10.2 Å². The molecule has 0 saturated carbocycles. The van der Waals surface area contributed by atoms with Crippen LogP contribution in [0.25, 0.3) is 0 Å². The second-order valence-corrected chi connectivity index (χ2v) is 8.09. The number of amides is 2. The van der Waals surface area contributed by atoms with E-state index < -0.39 is 6.04 Å². The third-order valence-electron chi connectivity index (χ3n) is 5.68. The average Bonchev–Trinajstić information content (AvgIpc) is 2.74. The minimum atomic E-state index is -0.395. The summed E-state index contributed by atoms with van der Waals surface area (Å²) >= 11 is 0. The quantitative estimate of drug-likeness (QED) is 0.765. The van der Waals surface area contributed by atoms with Crippen molar-refractivity contribution in [3.05, 3.63) is 65.7 Å². The van der Waals surface area contributed by atoms with Gasteiger partial charge in [-0.3, -0.25) is 19.4 Å². The van der Waals surface area contributed by atoms with Crippen molar-refractivity contribution >= 4 is 17.5 Å². The third kappa shape index (κ3) is 6.15. The number of anilines is 1. The summed E-state index contributed by atoms with van der Waals surface area (Å²) in [6, 6.07) is 17.7. The van der Waals surface area contributed by atoms with Gasteiger partial charge in [0, 0.05) is 38.4 Å². The van der Waals surface area contributed by atoms with Crippen molar-refractivity contribution in [2.75, 3.05) is 45.1 Å². The molecule has 2 amide bonds. The minimum Gasteiger partial charge on any atom is -0.339 e. The van der Waals surface area contributed by atoms with E-state index in [9.17, 15) is 9.59 Å². The molecule has 0 aromatic heterocycles. The molecular weight excluding hydrogens is 376 g/mol. The van der Waals surface area contributed by atoms with Gasteiger partial charge in [-0.05, 0) is 44.2 Å². The van der Waals surface area contributed by atoms with E-state index in [1.807, 2.05) is 61.0 Å². The van der Waals surface area contributed by atoms with E-state index in [1.165, 1.54) is 5.56 Å². The molecule has 1 fully saturated rings. The van der Waals surface area contributed by atoms with Crippen molar-refractivity contribution in [1.82, 2.24) is 14.7 Å². The Hall–Kier alpha value is -2.70. The summed E-state index contributed by atoms with van der Waals surface area (Å²) in [6.07, 6.45) is 0. The highest BCUT2D eigenvalue weighted by molar-refractivity contribution is 5.95. The molecule has 1 atom stereocenters. The monoisotopic (exact) mass is 408 g/mol. The van der Waals surface area contributed by atoms with Crippen LogP contribution in [0.4, 0.5) is 5.69 Å². The number of likely N-dealkylation sites (N-methyl/N-ethyl adjacent to an activating group) is 1. The van der Waals surface area contributed by atoms with Crippen LogP contribution in [0.2, 0.25) is 0 Å². The first kappa shape index (κ1) is 22.0. The third-order valence-corrected chi connectivity index (χ3v) is 5.68. The smallest absolute Gasteiger partial charge is 0.241 e. The van der Waals surface area contributed by atoms with Crippen LogP contribution in [0.15, 0.2) is 54.6 Å². The van der Waals surface area contributed by atoms with Gasteiger partial charge in [0.1, 0.15) is 0 Å². The number of piperazine rings is 1. The zero-order valence-electron chi connectivity index (χ0n) is 18.2. The van der Waals surface area contributed by atoms with Crippen molar-refractivity contribution in [3.8, 4) is 0 Å². The molecule has 2 aromatic rings. The number of carbonyl (C=O) groups excluding carboxylic acids is 2. The Morgan fingerprint density at radius 2 is 1.73 bits per heavy atom. The summed E-state index contributed by atoms with van der Waals surface area (Å²) in [4.78, 5) is 31.4. The number of nitrogens with zero attached hydrogens (tertiary/aromatic N) is 3. The Labute approximate surface area is 179 Å². The van der Waals surface area contributed by atoms with E-state index in [0.29, 0.717) is 0 Å². The Morgan fingerprint density at radius 3 is 2.40 bits per heavy atom. The Kier molecular flexibility index (Phi) is 7.60. The molecule has 1 aliphatic heterocycles. The highest BCUT2D eigenvalue weighted by atomic mass is 16.2. The van der Waals surface area contributed by atoms with Crippen molar-refractivity contribution in [3.63, 3.8) is 0 Å². The molecule has 3 rings (SSSR count). The molecular formula is C24H32N4O2. The van der Waals surface area contributed by atoms with Crippen LogP contribution in [-0.2, 0) is 16.1 Å². The number of nitrogens with one attached hydrogen (secondary N) is 1. The fourth-order valence-electron chi connectivity index (χ4n) is 3.62. The number of carbonyl (C=O) groups is 2. The maximum absolute atomic E-state index is 12.7. The zero-order valence-corrected chi connectivity index (χ0v) is 18.2. The molecule has 0 aliphatic carbocycles. The molecule has 0 unspecified atom stereocenters. The van der Waals surface area contributed by atoms with Crippen LogP contribution in [0, 0.1) is 6.92 Å². The van der Waals surface area contributed by atoms with Crippen LogP contribution in [0.1, 0.15) is 18.1 Å². The molecule has 6 heteroatoms. The molecule has 1 N–H and O–H groups in total. The van der Waals surface area contributed by atoms with E-state index in [0.717, 1.165) is 44.0 Å². The Bertz CT molecular complexity index is 847. The van der Waals surface area contributed by atoms with Crippen molar-refractivity contribution in [2.45, 2.75) is 26.4 Å². The largest absolute Gasteiger partial charge is 0.339 e. The molecule has 0 spiro atoms. The molecule has 6 nitrogen and oxygen atoms in total. The fraction of sp³-hybridized carbons (Fsp3) is 0.417. The van der Waals surface area contributed by atoms with E-state index >= 15 is 0 Å². The highest BCUT2D eigenvalue weighted by Gasteiger charge is 2.25. The fourth-order valence-corrected chi connectivity index (χ4v) is 3.62. The lowest BCUT2D eigenvalue weighted by Gasteiger charge is -2.36. The first-order valence-electron chi connectivity index (χ1n) is 10.5. The standard InChI is InChI=1S/C24H32N4O2/c1-19-8-7-11-22(16-19)25-24(30)20(2)26(3)18-23(29)28-14-12-27(13-15-28)17-21-9-5-4-6-10-21/h4-11,16,20H,12-15,17-18H2,1-3H3,(H,25,30)/t20-/m1/s1. The highest BCUT2D eigenvalue weighted by Crippen LogP contribution is 2.12. The minimum absolute atomic E-state index is 0.0760. The number of rotatable bonds is 7. The van der Waals surface area contributed by atoms with E-state index in [1.54, 1.807) is 0 Å². The first-order chi connectivity index (χ1) is 14.4. The summed E-state index contributed by atoms with van der Waals surface area (Å²) in [7, 11) is 1.82. The molecule has 1 heterocycles. The lowest BCUT2D eigenvalue weighted by molar-refractivity contribution is -0.135. The first-order valence-corrected chi connectivity index (χ1v) is 10.5. The predicted octanol–water partition coefficient (Wildman–Crippen LogP) is 2.60. The van der Waals surface area contributed by atoms with Gasteiger partial charge in [0.05, 0.1) is 12.6 Å². The maximum atomic E-state index is 12.7. The van der Waals surface area contributed by atoms with Crippen LogP contribution >= 0.6 is 0 Å². The average molecular weight is 409 g/mol. The van der Waals surface area contributed by atoms with E-state index in [-0.39, 0.29) is 18.4 Å². The van der Waals surface area contributed by atoms with Crippen LogP contribution in [-0.4, -0.2) is 72.3 Å². The van der Waals surface area contributed by atoms with Gasteiger partial charge in [-0.1, -0.05) is 42.5 Å². The normalized spacial score (nSPS) is 15.8. The Balaban J connectivity index is 1.44. The van der Waals surface area contributed by atoms with Gasteiger partial charge in [0.25, 0.3) is 0 Å². The molecule has 160 valence electrons. The molecule has 2 aromatic carbocycles. The van der Waals surface area contributed by atoms with Crippen molar-refractivity contribution in [1.29, 1.82) is 0 Å². The summed E-state index contributed by atoms with van der Waals surface area (Å²) in [6.45, 7) is 8.16. The topological polar surface area (TPSA) is 55.9 Å². The number of hydrogen-bond acceptors (Lipinski definition) is 4. The van der Waals surface area contributed by atoms with Crippen molar-refractivity contribution in [2.24, 2.45) is 0 Å². The lowest BCUT2D eigenvalue weighted by Crippen LogP contribution is -2.52. The lowest BCUT2D eigenvalue weighted by atomic mass is 10.2. The van der Waals surface area contributed by atoms with Crippen LogP contribution in [0.3, 0.4) is 0 Å². The van der Waals surface area contributed by atoms with Gasteiger partial charge in [0.15, 0.2) is 0 Å². The SMILES string of the molecule is Cc1cccc(NC(=O)[C@@H](C)N(C)CC(=O)N2CCN(Cc3ccccc3)CC2)c1. The second kappa shape index (κ2) is 10.4. The summed E-state index contributed by atoms with van der Waals surface area (Å²) in [5.41, 5.74) is 3.17. The van der Waals surface area contributed by atoms with Gasteiger partial charge in [-0.25, -0.2) is 0 Å². The summed E-state index contributed by atoms with van der Waals surface area (Å²) in [5, 5.41) is 2.93. The van der Waals surface area contributed by atoms with Gasteiger partial charge >= 0.3 is 0 Å². The number of aryl methyl sites for hydroxylation is 1. The van der Waals surface area contributed by atoms with Crippen molar-refractivity contribution < 1.29 is 9.59 Å². The molecule has 0 bridgehead atoms.